The van der Waals surface area contributed by atoms with Gasteiger partial charge in [-0.3, -0.25) is 9.78 Å². The number of ether oxygens (including phenoxy) is 1. The topological polar surface area (TPSA) is 76.5 Å². The van der Waals surface area contributed by atoms with Crippen LogP contribution in [0.15, 0.2) is 24.3 Å². The van der Waals surface area contributed by atoms with Gasteiger partial charge in [0.05, 0.1) is 17.2 Å². The van der Waals surface area contributed by atoms with Gasteiger partial charge >= 0.3 is 5.97 Å². The fraction of sp³-hybridized carbons (Fsp3) is 0.476. The highest BCUT2D eigenvalue weighted by atomic mass is 16.5. The van der Waals surface area contributed by atoms with Gasteiger partial charge < -0.3 is 9.84 Å². The Bertz CT molecular complexity index is 822. The number of carbonyl (C=O) groups excluding carboxylic acids is 1. The first kappa shape index (κ1) is 18.5. The number of fused-ring (bicyclic) bond motifs is 1. The van der Waals surface area contributed by atoms with E-state index < -0.39 is 5.97 Å². The van der Waals surface area contributed by atoms with E-state index in [4.69, 9.17) is 4.74 Å². The summed E-state index contributed by atoms with van der Waals surface area (Å²) in [6.45, 7) is 2.03. The lowest BCUT2D eigenvalue weighted by Gasteiger charge is -2.26. The normalized spacial score (nSPS) is 20.2. The third-order valence-electron chi connectivity index (χ3n) is 5.26. The molecule has 0 saturated heterocycles. The van der Waals surface area contributed by atoms with Crippen molar-refractivity contribution in [2.45, 2.75) is 51.6 Å². The average molecular weight is 355 g/mol. The van der Waals surface area contributed by atoms with E-state index in [9.17, 15) is 14.7 Å². The Morgan fingerprint density at radius 3 is 2.54 bits per heavy atom. The quantitative estimate of drug-likeness (QED) is 0.783. The zero-order valence-electron chi connectivity index (χ0n) is 15.3. The van der Waals surface area contributed by atoms with Crippen molar-refractivity contribution in [3.63, 3.8) is 0 Å². The summed E-state index contributed by atoms with van der Waals surface area (Å²) in [5.74, 6) is -0.908. The highest BCUT2D eigenvalue weighted by molar-refractivity contribution is 6.06. The molecular weight excluding hydrogens is 330 g/mol. The van der Waals surface area contributed by atoms with Gasteiger partial charge in [-0.2, -0.15) is 0 Å². The minimum absolute atomic E-state index is 0.0144. The lowest BCUT2D eigenvalue weighted by Crippen LogP contribution is -2.25. The van der Waals surface area contributed by atoms with Crippen LogP contribution < -0.4 is 0 Å². The molecule has 26 heavy (non-hydrogen) atoms. The molecule has 0 unspecified atom stereocenters. The molecule has 2 aromatic rings. The molecule has 1 aromatic heterocycles. The second kappa shape index (κ2) is 7.96. The Balaban J connectivity index is 1.93. The first-order valence-electron chi connectivity index (χ1n) is 9.27. The largest absolute Gasteiger partial charge is 0.478 e. The standard InChI is InChI=1S/C21H25NO4/c1-3-4-15-12-18(21(24)25)17-11-14(7-10-19(17)22-15)20(23)13-5-8-16(26-2)9-6-13/h7,10-13,16H,3-6,8-9H2,1-2H3,(H,24,25). The fourth-order valence-corrected chi connectivity index (χ4v) is 3.79. The molecule has 0 spiro atoms. The van der Waals surface area contributed by atoms with Crippen LogP contribution in [-0.2, 0) is 11.2 Å². The van der Waals surface area contributed by atoms with Crippen LogP contribution in [0.25, 0.3) is 10.9 Å². The van der Waals surface area contributed by atoms with Crippen LogP contribution in [0.3, 0.4) is 0 Å². The number of carboxylic acids is 1. The first-order valence-corrected chi connectivity index (χ1v) is 9.27. The molecule has 1 heterocycles. The number of carbonyl (C=O) groups is 2. The molecule has 1 aliphatic carbocycles. The average Bonchev–Trinajstić information content (AvgIpc) is 2.66. The van der Waals surface area contributed by atoms with Crippen LogP contribution >= 0.6 is 0 Å². The summed E-state index contributed by atoms with van der Waals surface area (Å²) >= 11 is 0. The number of benzene rings is 1. The smallest absolute Gasteiger partial charge is 0.336 e. The Kier molecular flexibility index (Phi) is 5.67. The maximum Gasteiger partial charge on any atom is 0.336 e. The molecule has 0 atom stereocenters. The summed E-state index contributed by atoms with van der Waals surface area (Å²) in [5.41, 5.74) is 2.20. The molecule has 0 radical (unpaired) electrons. The van der Waals surface area contributed by atoms with Crippen molar-refractivity contribution < 1.29 is 19.4 Å². The molecular formula is C21H25NO4. The summed E-state index contributed by atoms with van der Waals surface area (Å²) in [7, 11) is 1.71. The lowest BCUT2D eigenvalue weighted by molar-refractivity contribution is 0.0519. The summed E-state index contributed by atoms with van der Waals surface area (Å²) < 4.78 is 5.37. The van der Waals surface area contributed by atoms with E-state index in [1.54, 1.807) is 31.4 Å². The van der Waals surface area contributed by atoms with Gasteiger partial charge in [-0.05, 0) is 56.4 Å². The molecule has 0 amide bonds. The van der Waals surface area contributed by atoms with E-state index in [1.165, 1.54) is 0 Å². The number of pyridine rings is 1. The highest BCUT2D eigenvalue weighted by Crippen LogP contribution is 2.30. The van der Waals surface area contributed by atoms with E-state index in [-0.39, 0.29) is 23.4 Å². The van der Waals surface area contributed by atoms with E-state index >= 15 is 0 Å². The molecule has 1 saturated carbocycles. The molecule has 0 aliphatic heterocycles. The van der Waals surface area contributed by atoms with E-state index in [1.807, 2.05) is 6.92 Å². The molecule has 138 valence electrons. The van der Waals surface area contributed by atoms with Crippen molar-refractivity contribution in [3.05, 3.63) is 41.1 Å². The number of aromatic carboxylic acids is 1. The third-order valence-corrected chi connectivity index (χ3v) is 5.26. The van der Waals surface area contributed by atoms with Gasteiger partial charge in [0, 0.05) is 29.7 Å². The molecule has 3 rings (SSSR count). The van der Waals surface area contributed by atoms with Gasteiger partial charge in [0.15, 0.2) is 5.78 Å². The van der Waals surface area contributed by atoms with Gasteiger partial charge in [-0.1, -0.05) is 13.3 Å². The van der Waals surface area contributed by atoms with Gasteiger partial charge in [0.1, 0.15) is 0 Å². The predicted octanol–water partition coefficient (Wildman–Crippen LogP) is 4.27. The Hall–Kier alpha value is -2.27. The monoisotopic (exact) mass is 355 g/mol. The van der Waals surface area contributed by atoms with Crippen molar-refractivity contribution in [2.75, 3.05) is 7.11 Å². The summed E-state index contributed by atoms with van der Waals surface area (Å²) in [6.07, 6.45) is 5.29. The van der Waals surface area contributed by atoms with Crippen molar-refractivity contribution in [2.24, 2.45) is 5.92 Å². The minimum atomic E-state index is -0.986. The van der Waals surface area contributed by atoms with Crippen LogP contribution in [0.2, 0.25) is 0 Å². The number of carboxylic acid groups (broad SMARTS) is 1. The zero-order valence-corrected chi connectivity index (χ0v) is 15.3. The van der Waals surface area contributed by atoms with Crippen molar-refractivity contribution in [3.8, 4) is 0 Å². The lowest BCUT2D eigenvalue weighted by atomic mass is 9.82. The SMILES string of the molecule is CCCc1cc(C(=O)O)c2cc(C(=O)C3CCC(OC)CC3)ccc2n1. The molecule has 0 bridgehead atoms. The van der Waals surface area contributed by atoms with Crippen LogP contribution in [0.5, 0.6) is 0 Å². The third kappa shape index (κ3) is 3.78. The van der Waals surface area contributed by atoms with E-state index in [2.05, 4.69) is 4.98 Å². The van der Waals surface area contributed by atoms with Gasteiger partial charge in [-0.25, -0.2) is 4.79 Å². The molecule has 1 N–H and O–H groups in total. The van der Waals surface area contributed by atoms with Gasteiger partial charge in [0.25, 0.3) is 0 Å². The number of methoxy groups -OCH3 is 1. The number of Topliss-reactive ketones (excluding diaryl/α,β-unsaturated/α-hetero) is 1. The summed E-state index contributed by atoms with van der Waals surface area (Å²) in [5, 5.41) is 10.1. The number of nitrogens with zero attached hydrogens (tertiary/aromatic N) is 1. The van der Waals surface area contributed by atoms with Crippen LogP contribution in [0, 0.1) is 5.92 Å². The molecule has 1 aromatic carbocycles. The van der Waals surface area contributed by atoms with E-state index in [0.717, 1.165) is 44.2 Å². The number of rotatable bonds is 6. The van der Waals surface area contributed by atoms with Crippen LogP contribution in [0.4, 0.5) is 0 Å². The van der Waals surface area contributed by atoms with Crippen molar-refractivity contribution in [1.82, 2.24) is 4.98 Å². The fourth-order valence-electron chi connectivity index (χ4n) is 3.79. The number of aromatic nitrogens is 1. The molecule has 5 heteroatoms. The van der Waals surface area contributed by atoms with Crippen LogP contribution in [-0.4, -0.2) is 35.1 Å². The van der Waals surface area contributed by atoms with Crippen molar-refractivity contribution in [1.29, 1.82) is 0 Å². The second-order valence-corrected chi connectivity index (χ2v) is 7.02. The maximum atomic E-state index is 12.9. The second-order valence-electron chi connectivity index (χ2n) is 7.02. The molecule has 1 aliphatic rings. The van der Waals surface area contributed by atoms with Crippen LogP contribution in [0.1, 0.15) is 65.4 Å². The van der Waals surface area contributed by atoms with Gasteiger partial charge in [0.2, 0.25) is 0 Å². The van der Waals surface area contributed by atoms with E-state index in [0.29, 0.717) is 16.5 Å². The molecule has 1 fully saturated rings. The number of ketones is 1. The Labute approximate surface area is 153 Å². The first-order chi connectivity index (χ1) is 12.5. The van der Waals surface area contributed by atoms with Gasteiger partial charge in [-0.15, -0.1) is 0 Å². The minimum Gasteiger partial charge on any atom is -0.478 e. The number of hydrogen-bond acceptors (Lipinski definition) is 4. The zero-order chi connectivity index (χ0) is 18.7. The predicted molar refractivity (Wildman–Crippen MR) is 99.8 cm³/mol. The summed E-state index contributed by atoms with van der Waals surface area (Å²) in [6, 6.07) is 6.88. The maximum absolute atomic E-state index is 12.9. The summed E-state index contributed by atoms with van der Waals surface area (Å²) in [4.78, 5) is 29.1. The molecule has 5 nitrogen and oxygen atoms in total. The Morgan fingerprint density at radius 2 is 1.92 bits per heavy atom. The van der Waals surface area contributed by atoms with Crippen molar-refractivity contribution >= 4 is 22.7 Å². The number of aryl methyl sites for hydroxylation is 1. The highest BCUT2D eigenvalue weighted by Gasteiger charge is 2.27. The number of hydrogen-bond donors (Lipinski definition) is 1. The Morgan fingerprint density at radius 1 is 1.19 bits per heavy atom.